The minimum atomic E-state index is 0.166. The fourth-order valence-corrected chi connectivity index (χ4v) is 0.918. The van der Waals surface area contributed by atoms with Crippen molar-refractivity contribution in [2.45, 2.75) is 26.7 Å². The van der Waals surface area contributed by atoms with Gasteiger partial charge in [-0.25, -0.2) is 0 Å². The topological polar surface area (TPSA) is 29.1 Å². The van der Waals surface area contributed by atoms with Crippen LogP contribution in [0.4, 0.5) is 0 Å². The van der Waals surface area contributed by atoms with Gasteiger partial charge in [-0.05, 0) is 5.92 Å². The van der Waals surface area contributed by atoms with E-state index in [1.165, 1.54) is 0 Å². The van der Waals surface area contributed by atoms with Crippen molar-refractivity contribution in [1.29, 1.82) is 0 Å². The van der Waals surface area contributed by atoms with Crippen LogP contribution < -0.4 is 5.32 Å². The minimum Gasteiger partial charge on any atom is -0.355 e. The molecule has 0 rings (SSSR count). The van der Waals surface area contributed by atoms with Crippen LogP contribution in [0.25, 0.3) is 0 Å². The van der Waals surface area contributed by atoms with Gasteiger partial charge in [0.2, 0.25) is 5.91 Å². The summed E-state index contributed by atoms with van der Waals surface area (Å²) in [5.41, 5.74) is 0. The first-order chi connectivity index (χ1) is 5.20. The minimum absolute atomic E-state index is 0.166. The maximum absolute atomic E-state index is 11.0. The lowest BCUT2D eigenvalue weighted by molar-refractivity contribution is -0.121. The number of carbonyl (C=O) groups excluding carboxylic acids is 1. The monoisotopic (exact) mass is 221 g/mol. The molecule has 0 aromatic rings. The van der Waals surface area contributed by atoms with Crippen molar-refractivity contribution in [2.24, 2.45) is 5.92 Å². The van der Waals surface area contributed by atoms with Gasteiger partial charge in [-0.15, -0.1) is 0 Å². The van der Waals surface area contributed by atoms with E-state index in [1.54, 1.807) is 0 Å². The van der Waals surface area contributed by atoms with Crippen LogP contribution in [0, 0.1) is 5.92 Å². The highest BCUT2D eigenvalue weighted by atomic mass is 79.9. The van der Waals surface area contributed by atoms with Gasteiger partial charge in [0, 0.05) is 18.3 Å². The van der Waals surface area contributed by atoms with Crippen LogP contribution in [-0.2, 0) is 4.79 Å². The Labute approximate surface area is 76.9 Å². The fraction of sp³-hybridized carbons (Fsp3) is 0.875. The quantitative estimate of drug-likeness (QED) is 0.707. The van der Waals surface area contributed by atoms with Gasteiger partial charge >= 0.3 is 0 Å². The van der Waals surface area contributed by atoms with E-state index in [9.17, 15) is 4.79 Å². The Morgan fingerprint density at radius 1 is 1.64 bits per heavy atom. The molecule has 0 saturated heterocycles. The lowest BCUT2D eigenvalue weighted by Gasteiger charge is -2.07. The van der Waals surface area contributed by atoms with E-state index in [1.807, 2.05) is 0 Å². The largest absolute Gasteiger partial charge is 0.355 e. The summed E-state index contributed by atoms with van der Waals surface area (Å²) in [6.07, 6.45) is 1.73. The summed E-state index contributed by atoms with van der Waals surface area (Å²) in [5.74, 6) is 0.670. The SMILES string of the molecule is CCC(C)CC(=O)NCCBr. The van der Waals surface area contributed by atoms with Crippen molar-refractivity contribution < 1.29 is 4.79 Å². The third-order valence-electron chi connectivity index (χ3n) is 1.65. The van der Waals surface area contributed by atoms with Crippen molar-refractivity contribution in [2.75, 3.05) is 11.9 Å². The molecule has 0 aliphatic heterocycles. The van der Waals surface area contributed by atoms with Crippen LogP contribution in [-0.4, -0.2) is 17.8 Å². The highest BCUT2D eigenvalue weighted by Crippen LogP contribution is 2.05. The molecule has 0 bridgehead atoms. The van der Waals surface area contributed by atoms with Crippen LogP contribution in [0.2, 0.25) is 0 Å². The summed E-state index contributed by atoms with van der Waals surface area (Å²) in [5, 5.41) is 3.64. The second-order valence-corrected chi connectivity index (χ2v) is 3.55. The maximum atomic E-state index is 11.0. The standard InChI is InChI=1S/C8H16BrNO/c1-3-7(2)6-8(11)10-5-4-9/h7H,3-6H2,1-2H3,(H,10,11). The highest BCUT2D eigenvalue weighted by Gasteiger charge is 2.05. The molecule has 0 aliphatic rings. The molecule has 66 valence electrons. The molecule has 1 unspecified atom stereocenters. The van der Waals surface area contributed by atoms with Crippen molar-refractivity contribution in [3.05, 3.63) is 0 Å². The zero-order chi connectivity index (χ0) is 8.69. The maximum Gasteiger partial charge on any atom is 0.220 e. The number of hydrogen-bond donors (Lipinski definition) is 1. The van der Waals surface area contributed by atoms with E-state index in [4.69, 9.17) is 0 Å². The smallest absolute Gasteiger partial charge is 0.220 e. The van der Waals surface area contributed by atoms with Gasteiger partial charge in [0.25, 0.3) is 0 Å². The predicted octanol–water partition coefficient (Wildman–Crippen LogP) is 1.93. The third-order valence-corrected chi connectivity index (χ3v) is 2.04. The molecule has 11 heavy (non-hydrogen) atoms. The summed E-state index contributed by atoms with van der Waals surface area (Å²) in [4.78, 5) is 11.0. The summed E-state index contributed by atoms with van der Waals surface area (Å²) in [6, 6.07) is 0. The number of rotatable bonds is 5. The first-order valence-electron chi connectivity index (χ1n) is 4.03. The number of nitrogens with one attached hydrogen (secondary N) is 1. The second kappa shape index (κ2) is 6.65. The first kappa shape index (κ1) is 11.0. The van der Waals surface area contributed by atoms with Gasteiger partial charge in [0.15, 0.2) is 0 Å². The number of alkyl halides is 1. The normalized spacial score (nSPS) is 12.6. The molecular weight excluding hydrogens is 206 g/mol. The molecule has 0 saturated carbocycles. The van der Waals surface area contributed by atoms with E-state index in [2.05, 4.69) is 35.1 Å². The number of amides is 1. The molecule has 1 atom stereocenters. The van der Waals surface area contributed by atoms with E-state index >= 15 is 0 Å². The van der Waals surface area contributed by atoms with Gasteiger partial charge in [0.05, 0.1) is 0 Å². The molecule has 1 amide bonds. The summed E-state index contributed by atoms with van der Waals surface area (Å²) < 4.78 is 0. The van der Waals surface area contributed by atoms with Crippen LogP contribution in [0.1, 0.15) is 26.7 Å². The predicted molar refractivity (Wildman–Crippen MR) is 50.9 cm³/mol. The molecule has 0 aromatic heterocycles. The molecular formula is C8H16BrNO. The van der Waals surface area contributed by atoms with Crippen molar-refractivity contribution in [3.8, 4) is 0 Å². The average Bonchev–Trinajstić information content (AvgIpc) is 2.00. The molecule has 0 aromatic carbocycles. The molecule has 2 nitrogen and oxygen atoms in total. The number of carbonyl (C=O) groups is 1. The Kier molecular flexibility index (Phi) is 6.62. The summed E-state index contributed by atoms with van der Waals surface area (Å²) in [6.45, 7) is 4.92. The highest BCUT2D eigenvalue weighted by molar-refractivity contribution is 9.09. The average molecular weight is 222 g/mol. The Morgan fingerprint density at radius 2 is 2.27 bits per heavy atom. The van der Waals surface area contributed by atoms with Crippen molar-refractivity contribution in [3.63, 3.8) is 0 Å². The Balaban J connectivity index is 3.36. The van der Waals surface area contributed by atoms with Gasteiger partial charge in [-0.3, -0.25) is 4.79 Å². The number of halogens is 1. The molecule has 0 spiro atoms. The van der Waals surface area contributed by atoms with Crippen molar-refractivity contribution >= 4 is 21.8 Å². The van der Waals surface area contributed by atoms with E-state index in [-0.39, 0.29) is 5.91 Å². The van der Waals surface area contributed by atoms with Gasteiger partial charge < -0.3 is 5.32 Å². The van der Waals surface area contributed by atoms with Gasteiger partial charge in [0.1, 0.15) is 0 Å². The lowest BCUT2D eigenvalue weighted by atomic mass is 10.1. The summed E-state index contributed by atoms with van der Waals surface area (Å²) in [7, 11) is 0. The number of hydrogen-bond acceptors (Lipinski definition) is 1. The van der Waals surface area contributed by atoms with Gasteiger partial charge in [-0.1, -0.05) is 36.2 Å². The molecule has 3 heteroatoms. The zero-order valence-corrected chi connectivity index (χ0v) is 8.78. The second-order valence-electron chi connectivity index (χ2n) is 2.76. The van der Waals surface area contributed by atoms with Crippen molar-refractivity contribution in [1.82, 2.24) is 5.32 Å². The van der Waals surface area contributed by atoms with Crippen LogP contribution in [0.15, 0.2) is 0 Å². The lowest BCUT2D eigenvalue weighted by Crippen LogP contribution is -2.26. The van der Waals surface area contributed by atoms with Crippen LogP contribution in [0.3, 0.4) is 0 Å². The Morgan fingerprint density at radius 3 is 2.73 bits per heavy atom. The summed E-state index contributed by atoms with van der Waals surface area (Å²) >= 11 is 3.25. The Bertz CT molecular complexity index is 117. The molecule has 0 aliphatic carbocycles. The van der Waals surface area contributed by atoms with Crippen LogP contribution >= 0.6 is 15.9 Å². The third kappa shape index (κ3) is 6.35. The van der Waals surface area contributed by atoms with Gasteiger partial charge in [-0.2, -0.15) is 0 Å². The molecule has 1 N–H and O–H groups in total. The van der Waals surface area contributed by atoms with E-state index in [0.29, 0.717) is 12.3 Å². The molecule has 0 heterocycles. The Hall–Kier alpha value is -0.0500. The van der Waals surface area contributed by atoms with Crippen LogP contribution in [0.5, 0.6) is 0 Å². The zero-order valence-electron chi connectivity index (χ0n) is 7.19. The fourth-order valence-electron chi connectivity index (χ4n) is 0.720. The molecule has 0 fully saturated rings. The first-order valence-corrected chi connectivity index (χ1v) is 5.15. The van der Waals surface area contributed by atoms with E-state index < -0.39 is 0 Å². The van der Waals surface area contributed by atoms with E-state index in [0.717, 1.165) is 18.3 Å². The molecule has 0 radical (unpaired) electrons.